The van der Waals surface area contributed by atoms with Crippen molar-refractivity contribution in [3.8, 4) is 0 Å². The van der Waals surface area contributed by atoms with Crippen molar-refractivity contribution >= 4 is 16.9 Å². The van der Waals surface area contributed by atoms with Crippen molar-refractivity contribution < 1.29 is 0 Å². The van der Waals surface area contributed by atoms with Gasteiger partial charge >= 0.3 is 0 Å². The Morgan fingerprint density at radius 2 is 2.28 bits per heavy atom. The third-order valence-electron chi connectivity index (χ3n) is 3.41. The van der Waals surface area contributed by atoms with E-state index in [4.69, 9.17) is 0 Å². The predicted octanol–water partition coefficient (Wildman–Crippen LogP) is 1.01. The molecule has 1 aliphatic rings. The van der Waals surface area contributed by atoms with Crippen molar-refractivity contribution in [3.05, 3.63) is 18.6 Å². The van der Waals surface area contributed by atoms with Crippen LogP contribution in [0.25, 0.3) is 11.0 Å². The highest BCUT2D eigenvalue weighted by Gasteiger charge is 2.17. The number of rotatable bonds is 3. The van der Waals surface area contributed by atoms with Crippen LogP contribution in [0.15, 0.2) is 18.6 Å². The summed E-state index contributed by atoms with van der Waals surface area (Å²) in [6, 6.07) is 3.03. The maximum absolute atomic E-state index is 4.25. The third-order valence-corrected chi connectivity index (χ3v) is 3.41. The van der Waals surface area contributed by atoms with Gasteiger partial charge in [0.25, 0.3) is 0 Å². The van der Waals surface area contributed by atoms with Gasteiger partial charge in [-0.05, 0) is 25.8 Å². The van der Waals surface area contributed by atoms with Crippen molar-refractivity contribution in [2.24, 2.45) is 0 Å². The van der Waals surface area contributed by atoms with Gasteiger partial charge in [-0.2, -0.15) is 0 Å². The molecule has 6 nitrogen and oxygen atoms in total. The molecule has 2 aromatic heterocycles. The number of fused-ring (bicyclic) bond motifs is 1. The van der Waals surface area contributed by atoms with Crippen LogP contribution in [0.4, 0.5) is 5.82 Å². The third kappa shape index (κ3) is 2.30. The van der Waals surface area contributed by atoms with Crippen LogP contribution >= 0.6 is 0 Å². The number of hydrazine groups is 1. The molecule has 1 saturated heterocycles. The predicted molar refractivity (Wildman–Crippen MR) is 71.1 cm³/mol. The van der Waals surface area contributed by atoms with E-state index in [1.54, 1.807) is 6.33 Å². The molecule has 3 heterocycles. The van der Waals surface area contributed by atoms with Crippen LogP contribution in [0.5, 0.6) is 0 Å². The van der Waals surface area contributed by atoms with E-state index in [1.807, 2.05) is 12.3 Å². The van der Waals surface area contributed by atoms with Gasteiger partial charge in [-0.1, -0.05) is 0 Å². The quantitative estimate of drug-likeness (QED) is 0.608. The minimum Gasteiger partial charge on any atom is -0.346 e. The first-order chi connectivity index (χ1) is 8.83. The van der Waals surface area contributed by atoms with Gasteiger partial charge in [-0.25, -0.2) is 15.4 Å². The van der Waals surface area contributed by atoms with Crippen LogP contribution < -0.4 is 16.2 Å². The average molecular weight is 246 g/mol. The van der Waals surface area contributed by atoms with Gasteiger partial charge in [0.15, 0.2) is 5.82 Å². The van der Waals surface area contributed by atoms with Gasteiger partial charge < -0.3 is 15.7 Å². The highest BCUT2D eigenvalue weighted by molar-refractivity contribution is 5.86. The maximum atomic E-state index is 4.25. The van der Waals surface area contributed by atoms with E-state index in [0.29, 0.717) is 12.1 Å². The molecule has 3 rings (SSSR count). The number of H-pyrrole nitrogens is 1. The lowest BCUT2D eigenvalue weighted by atomic mass is 10.0. The molecule has 0 amide bonds. The van der Waals surface area contributed by atoms with Crippen LogP contribution in [-0.4, -0.2) is 33.6 Å². The van der Waals surface area contributed by atoms with Crippen LogP contribution in [0, 0.1) is 0 Å². The van der Waals surface area contributed by atoms with Gasteiger partial charge in [0.1, 0.15) is 12.0 Å². The van der Waals surface area contributed by atoms with Crippen molar-refractivity contribution in [1.82, 2.24) is 25.7 Å². The lowest BCUT2D eigenvalue weighted by molar-refractivity contribution is 0.351. The molecule has 18 heavy (non-hydrogen) atoms. The fourth-order valence-electron chi connectivity index (χ4n) is 2.26. The number of aromatic amines is 1. The maximum Gasteiger partial charge on any atom is 0.153 e. The molecule has 0 spiro atoms. The molecule has 96 valence electrons. The number of piperidine rings is 1. The SMILES string of the molecule is C[C@H]1CCC(NNc2ncnc3[nH]ccc23)CN1. The molecule has 1 unspecified atom stereocenters. The van der Waals surface area contributed by atoms with Crippen LogP contribution in [0.1, 0.15) is 19.8 Å². The molecule has 1 fully saturated rings. The summed E-state index contributed by atoms with van der Waals surface area (Å²) in [6.45, 7) is 3.20. The van der Waals surface area contributed by atoms with E-state index >= 15 is 0 Å². The van der Waals surface area contributed by atoms with E-state index in [-0.39, 0.29) is 0 Å². The van der Waals surface area contributed by atoms with Crippen molar-refractivity contribution in [2.45, 2.75) is 31.8 Å². The second-order valence-electron chi connectivity index (χ2n) is 4.82. The van der Waals surface area contributed by atoms with E-state index in [1.165, 1.54) is 12.8 Å². The Morgan fingerprint density at radius 1 is 1.33 bits per heavy atom. The van der Waals surface area contributed by atoms with Crippen LogP contribution in [-0.2, 0) is 0 Å². The summed E-state index contributed by atoms with van der Waals surface area (Å²) in [7, 11) is 0. The smallest absolute Gasteiger partial charge is 0.153 e. The fraction of sp³-hybridized carbons (Fsp3) is 0.500. The summed E-state index contributed by atoms with van der Waals surface area (Å²) in [6.07, 6.45) is 5.80. The average Bonchev–Trinajstić information content (AvgIpc) is 2.87. The largest absolute Gasteiger partial charge is 0.346 e. The Bertz CT molecular complexity index is 514. The van der Waals surface area contributed by atoms with Gasteiger partial charge in [-0.15, -0.1) is 0 Å². The summed E-state index contributed by atoms with van der Waals surface area (Å²) < 4.78 is 0. The molecular formula is C12H18N6. The molecule has 0 radical (unpaired) electrons. The number of nitrogens with zero attached hydrogens (tertiary/aromatic N) is 2. The summed E-state index contributed by atoms with van der Waals surface area (Å²) >= 11 is 0. The Hall–Kier alpha value is -1.66. The van der Waals surface area contributed by atoms with Crippen molar-refractivity contribution in [2.75, 3.05) is 12.0 Å². The van der Waals surface area contributed by atoms with Crippen molar-refractivity contribution in [1.29, 1.82) is 0 Å². The second-order valence-corrected chi connectivity index (χ2v) is 4.82. The molecule has 1 aliphatic heterocycles. The van der Waals surface area contributed by atoms with E-state index < -0.39 is 0 Å². The minimum absolute atomic E-state index is 0.435. The summed E-state index contributed by atoms with van der Waals surface area (Å²) in [5.74, 6) is 0.819. The molecule has 0 aromatic carbocycles. The van der Waals surface area contributed by atoms with Gasteiger partial charge in [0.2, 0.25) is 0 Å². The number of aromatic nitrogens is 3. The lowest BCUT2D eigenvalue weighted by Crippen LogP contribution is -2.48. The zero-order chi connectivity index (χ0) is 12.4. The normalized spacial score (nSPS) is 24.3. The molecule has 0 saturated carbocycles. The first-order valence-corrected chi connectivity index (χ1v) is 6.36. The molecular weight excluding hydrogens is 228 g/mol. The highest BCUT2D eigenvalue weighted by Crippen LogP contribution is 2.17. The van der Waals surface area contributed by atoms with E-state index in [9.17, 15) is 0 Å². The molecule has 2 aromatic rings. The molecule has 6 heteroatoms. The number of nitrogens with one attached hydrogen (secondary N) is 4. The van der Waals surface area contributed by atoms with Gasteiger partial charge in [0, 0.05) is 24.8 Å². The molecule has 0 bridgehead atoms. The van der Waals surface area contributed by atoms with Gasteiger partial charge in [0.05, 0.1) is 5.39 Å². The Morgan fingerprint density at radius 3 is 3.11 bits per heavy atom. The molecule has 4 N–H and O–H groups in total. The summed E-state index contributed by atoms with van der Waals surface area (Å²) in [4.78, 5) is 11.5. The summed E-state index contributed by atoms with van der Waals surface area (Å²) in [5, 5.41) is 4.46. The molecule has 0 aliphatic carbocycles. The van der Waals surface area contributed by atoms with E-state index in [2.05, 4.69) is 38.0 Å². The second kappa shape index (κ2) is 4.91. The monoisotopic (exact) mass is 246 g/mol. The zero-order valence-corrected chi connectivity index (χ0v) is 10.4. The fourth-order valence-corrected chi connectivity index (χ4v) is 2.26. The molecule has 2 atom stereocenters. The van der Waals surface area contributed by atoms with Gasteiger partial charge in [-0.3, -0.25) is 0 Å². The lowest BCUT2D eigenvalue weighted by Gasteiger charge is -2.28. The van der Waals surface area contributed by atoms with E-state index in [0.717, 1.165) is 23.4 Å². The van der Waals surface area contributed by atoms with Crippen LogP contribution in [0.3, 0.4) is 0 Å². The number of anilines is 1. The summed E-state index contributed by atoms with van der Waals surface area (Å²) in [5.41, 5.74) is 7.37. The minimum atomic E-state index is 0.435. The highest BCUT2D eigenvalue weighted by atomic mass is 15.4. The Balaban J connectivity index is 1.64. The Kier molecular flexibility index (Phi) is 3.12. The zero-order valence-electron chi connectivity index (χ0n) is 10.4. The van der Waals surface area contributed by atoms with Crippen LogP contribution in [0.2, 0.25) is 0 Å². The topological polar surface area (TPSA) is 77.7 Å². The first-order valence-electron chi connectivity index (χ1n) is 6.36. The number of hydrogen-bond acceptors (Lipinski definition) is 5. The number of hydrogen-bond donors (Lipinski definition) is 4. The van der Waals surface area contributed by atoms with Crippen molar-refractivity contribution in [3.63, 3.8) is 0 Å². The first kappa shape index (κ1) is 11.4. The standard InChI is InChI=1S/C12H18N6/c1-8-2-3-9(6-14-8)17-18-12-10-4-5-13-11(10)15-7-16-12/h4-5,7-9,14,17H,2-3,6H2,1H3,(H2,13,15,16,18)/t8-,9?/m0/s1. The Labute approximate surface area is 106 Å².